The number of benzene rings is 2. The highest BCUT2D eigenvalue weighted by molar-refractivity contribution is 5.93. The van der Waals surface area contributed by atoms with Gasteiger partial charge in [0.25, 0.3) is 0 Å². The van der Waals surface area contributed by atoms with Gasteiger partial charge >= 0.3 is 0 Å². The standard InChI is InChI=1S/C21H18O/c1-3-8-17-15(4-2)21-18(11-7-12-22-21)19-13-14-9-5-6-10-16(14)20(17)19/h3-11H,2,12-13H2,1H3/b8-3-. The van der Waals surface area contributed by atoms with Gasteiger partial charge in [-0.25, -0.2) is 0 Å². The van der Waals surface area contributed by atoms with Crippen molar-refractivity contribution in [3.05, 3.63) is 70.8 Å². The largest absolute Gasteiger partial charge is 0.488 e. The Labute approximate surface area is 131 Å². The molecule has 0 saturated heterocycles. The van der Waals surface area contributed by atoms with Gasteiger partial charge in [0.2, 0.25) is 0 Å². The number of rotatable bonds is 2. The van der Waals surface area contributed by atoms with Crippen molar-refractivity contribution in [3.63, 3.8) is 0 Å². The van der Waals surface area contributed by atoms with Crippen LogP contribution < -0.4 is 4.74 Å². The van der Waals surface area contributed by atoms with E-state index in [1.165, 1.54) is 33.4 Å². The first-order valence-electron chi connectivity index (χ1n) is 7.70. The van der Waals surface area contributed by atoms with E-state index >= 15 is 0 Å². The van der Waals surface area contributed by atoms with Crippen LogP contribution in [0.3, 0.4) is 0 Å². The van der Waals surface area contributed by atoms with Crippen LogP contribution in [0.2, 0.25) is 0 Å². The first kappa shape index (κ1) is 13.1. The molecule has 108 valence electrons. The maximum Gasteiger partial charge on any atom is 0.135 e. The van der Waals surface area contributed by atoms with Gasteiger partial charge in [-0.15, -0.1) is 0 Å². The predicted molar refractivity (Wildman–Crippen MR) is 94.0 cm³/mol. The van der Waals surface area contributed by atoms with Crippen LogP contribution in [-0.2, 0) is 6.42 Å². The fourth-order valence-electron chi connectivity index (χ4n) is 3.61. The molecule has 22 heavy (non-hydrogen) atoms. The molecule has 0 saturated carbocycles. The molecule has 0 radical (unpaired) electrons. The summed E-state index contributed by atoms with van der Waals surface area (Å²) in [5.41, 5.74) is 9.02. The summed E-state index contributed by atoms with van der Waals surface area (Å²) in [5, 5.41) is 0. The third-order valence-corrected chi connectivity index (χ3v) is 4.48. The molecule has 0 unspecified atom stereocenters. The Morgan fingerprint density at radius 3 is 2.86 bits per heavy atom. The van der Waals surface area contributed by atoms with Gasteiger partial charge in [0, 0.05) is 11.1 Å². The minimum Gasteiger partial charge on any atom is -0.488 e. The number of hydrogen-bond donors (Lipinski definition) is 0. The molecule has 0 amide bonds. The molecule has 0 bridgehead atoms. The molecule has 2 aromatic carbocycles. The summed E-state index contributed by atoms with van der Waals surface area (Å²) in [6.07, 6.45) is 11.5. The van der Waals surface area contributed by atoms with E-state index in [1.54, 1.807) is 0 Å². The molecule has 0 atom stereocenters. The van der Waals surface area contributed by atoms with Crippen molar-refractivity contribution >= 4 is 18.2 Å². The molecule has 1 nitrogen and oxygen atoms in total. The normalized spacial score (nSPS) is 14.4. The maximum atomic E-state index is 5.96. The van der Waals surface area contributed by atoms with E-state index in [1.807, 2.05) is 6.08 Å². The average Bonchev–Trinajstić information content (AvgIpc) is 2.95. The highest BCUT2D eigenvalue weighted by Gasteiger charge is 2.28. The Hall–Kier alpha value is -2.54. The summed E-state index contributed by atoms with van der Waals surface area (Å²) in [6, 6.07) is 8.68. The molecule has 4 rings (SSSR count). The lowest BCUT2D eigenvalue weighted by atomic mass is 9.89. The van der Waals surface area contributed by atoms with Crippen molar-refractivity contribution < 1.29 is 4.74 Å². The van der Waals surface area contributed by atoms with Crippen molar-refractivity contribution in [1.29, 1.82) is 0 Å². The minimum atomic E-state index is 0.634. The summed E-state index contributed by atoms with van der Waals surface area (Å²) in [6.45, 7) is 6.72. The summed E-state index contributed by atoms with van der Waals surface area (Å²) in [5.74, 6) is 0.983. The van der Waals surface area contributed by atoms with Crippen molar-refractivity contribution in [2.24, 2.45) is 0 Å². The SMILES string of the molecule is C=Cc1c(/C=C\C)c2c(c3c1OCC=C3)Cc1ccccc1-2. The van der Waals surface area contributed by atoms with Crippen molar-refractivity contribution in [1.82, 2.24) is 0 Å². The predicted octanol–water partition coefficient (Wildman–Crippen LogP) is 5.34. The molecule has 0 aromatic heterocycles. The Morgan fingerprint density at radius 1 is 1.18 bits per heavy atom. The average molecular weight is 286 g/mol. The molecule has 1 heteroatoms. The summed E-state index contributed by atoms with van der Waals surface area (Å²) in [7, 11) is 0. The van der Waals surface area contributed by atoms with Crippen LogP contribution in [0.1, 0.15) is 34.7 Å². The highest BCUT2D eigenvalue weighted by Crippen LogP contribution is 2.48. The molecule has 0 spiro atoms. The van der Waals surface area contributed by atoms with Crippen molar-refractivity contribution in [3.8, 4) is 16.9 Å². The Bertz CT molecular complexity index is 837. The zero-order valence-corrected chi connectivity index (χ0v) is 12.7. The van der Waals surface area contributed by atoms with Gasteiger partial charge in [0.15, 0.2) is 0 Å². The second-order valence-electron chi connectivity index (χ2n) is 5.68. The van der Waals surface area contributed by atoms with Crippen LogP contribution >= 0.6 is 0 Å². The summed E-state index contributed by atoms with van der Waals surface area (Å²) in [4.78, 5) is 0. The zero-order chi connectivity index (χ0) is 15.1. The molecule has 0 N–H and O–H groups in total. The van der Waals surface area contributed by atoms with Gasteiger partial charge in [0.1, 0.15) is 12.4 Å². The lowest BCUT2D eigenvalue weighted by molar-refractivity contribution is 0.357. The number of hydrogen-bond acceptors (Lipinski definition) is 1. The van der Waals surface area contributed by atoms with Crippen LogP contribution in [0.25, 0.3) is 29.4 Å². The molecule has 1 heterocycles. The summed E-state index contributed by atoms with van der Waals surface area (Å²) >= 11 is 0. The number of allylic oxidation sites excluding steroid dienone is 1. The van der Waals surface area contributed by atoms with Gasteiger partial charge in [-0.3, -0.25) is 0 Å². The van der Waals surface area contributed by atoms with E-state index in [2.05, 4.69) is 62.1 Å². The second-order valence-corrected chi connectivity index (χ2v) is 5.68. The van der Waals surface area contributed by atoms with E-state index in [0.717, 1.165) is 17.7 Å². The fourth-order valence-corrected chi connectivity index (χ4v) is 3.61. The van der Waals surface area contributed by atoms with Crippen LogP contribution in [0.4, 0.5) is 0 Å². The molecule has 1 aliphatic carbocycles. The third kappa shape index (κ3) is 1.72. The monoisotopic (exact) mass is 286 g/mol. The van der Waals surface area contributed by atoms with Gasteiger partial charge < -0.3 is 4.74 Å². The summed E-state index contributed by atoms with van der Waals surface area (Å²) < 4.78 is 5.96. The molecule has 2 aromatic rings. The fraction of sp³-hybridized carbons (Fsp3) is 0.143. The minimum absolute atomic E-state index is 0.634. The smallest absolute Gasteiger partial charge is 0.135 e. The van der Waals surface area contributed by atoms with Crippen LogP contribution in [0, 0.1) is 0 Å². The van der Waals surface area contributed by atoms with Gasteiger partial charge in [-0.2, -0.15) is 0 Å². The van der Waals surface area contributed by atoms with E-state index < -0.39 is 0 Å². The number of ether oxygens (including phenoxy) is 1. The van der Waals surface area contributed by atoms with Crippen LogP contribution in [-0.4, -0.2) is 6.61 Å². The lowest BCUT2D eigenvalue weighted by Gasteiger charge is -2.22. The molecule has 1 aliphatic heterocycles. The second kappa shape index (κ2) is 5.03. The maximum absolute atomic E-state index is 5.96. The topological polar surface area (TPSA) is 9.23 Å². The Morgan fingerprint density at radius 2 is 2.05 bits per heavy atom. The van der Waals surface area contributed by atoms with Crippen LogP contribution in [0.15, 0.2) is 43.0 Å². The molecular formula is C21H18O. The molecule has 0 fully saturated rings. The van der Waals surface area contributed by atoms with E-state index in [4.69, 9.17) is 4.74 Å². The van der Waals surface area contributed by atoms with Gasteiger partial charge in [-0.05, 0) is 47.2 Å². The Kier molecular flexibility index (Phi) is 3.00. The zero-order valence-electron chi connectivity index (χ0n) is 12.7. The van der Waals surface area contributed by atoms with Crippen molar-refractivity contribution in [2.75, 3.05) is 6.61 Å². The van der Waals surface area contributed by atoms with E-state index in [0.29, 0.717) is 6.61 Å². The van der Waals surface area contributed by atoms with Crippen LogP contribution in [0.5, 0.6) is 5.75 Å². The first-order chi connectivity index (χ1) is 10.8. The van der Waals surface area contributed by atoms with Gasteiger partial charge in [0.05, 0.1) is 0 Å². The molecule has 2 aliphatic rings. The molecular weight excluding hydrogens is 268 g/mol. The highest BCUT2D eigenvalue weighted by atomic mass is 16.5. The third-order valence-electron chi connectivity index (χ3n) is 4.48. The first-order valence-corrected chi connectivity index (χ1v) is 7.70. The van der Waals surface area contributed by atoms with E-state index in [9.17, 15) is 0 Å². The van der Waals surface area contributed by atoms with Gasteiger partial charge in [-0.1, -0.05) is 55.1 Å². The Balaban J connectivity index is 2.14. The van der Waals surface area contributed by atoms with E-state index in [-0.39, 0.29) is 0 Å². The quantitative estimate of drug-likeness (QED) is 0.618. The van der Waals surface area contributed by atoms with Crippen molar-refractivity contribution in [2.45, 2.75) is 13.3 Å². The number of fused-ring (bicyclic) bond motifs is 5. The lowest BCUT2D eigenvalue weighted by Crippen LogP contribution is -2.06.